The standard InChI is InChI=1S/C25H23FO4/c26-24-13-20(19-5-1-17(2-6-19)11-22-14-27-22)7-10-25(24)30-16-29-21-8-3-18(4-9-21)12-23-15-28-23/h1-10,13,22-23H,11-12,14-16H2. The lowest BCUT2D eigenvalue weighted by Crippen LogP contribution is -2.07. The Hall–Kier alpha value is -2.89. The molecule has 2 saturated heterocycles. The van der Waals surface area contributed by atoms with E-state index in [0.717, 1.165) is 37.2 Å². The van der Waals surface area contributed by atoms with Gasteiger partial charge in [0.1, 0.15) is 5.75 Å². The van der Waals surface area contributed by atoms with Crippen molar-refractivity contribution in [3.63, 3.8) is 0 Å². The zero-order valence-corrected chi connectivity index (χ0v) is 16.6. The third kappa shape index (κ3) is 4.99. The second-order valence-electron chi connectivity index (χ2n) is 7.71. The molecular weight excluding hydrogens is 383 g/mol. The van der Waals surface area contributed by atoms with Crippen molar-refractivity contribution in [3.05, 3.63) is 83.7 Å². The molecular formula is C25H23FO4. The largest absolute Gasteiger partial charge is 0.457 e. The predicted octanol–water partition coefficient (Wildman–Crippen LogP) is 4.79. The summed E-state index contributed by atoms with van der Waals surface area (Å²) in [5.74, 6) is 0.444. The van der Waals surface area contributed by atoms with Gasteiger partial charge in [-0.2, -0.15) is 0 Å². The molecule has 0 radical (unpaired) electrons. The Kier molecular flexibility index (Phi) is 5.39. The minimum absolute atomic E-state index is 0.0563. The van der Waals surface area contributed by atoms with Crippen LogP contribution in [0.25, 0.3) is 11.1 Å². The summed E-state index contributed by atoms with van der Waals surface area (Å²) in [6.45, 7) is 1.64. The van der Waals surface area contributed by atoms with E-state index in [1.807, 2.05) is 42.5 Å². The summed E-state index contributed by atoms with van der Waals surface area (Å²) in [6.07, 6.45) is 2.58. The van der Waals surface area contributed by atoms with Crippen LogP contribution in [0.5, 0.6) is 11.5 Å². The van der Waals surface area contributed by atoms with Crippen LogP contribution in [0, 0.1) is 5.82 Å². The van der Waals surface area contributed by atoms with Crippen molar-refractivity contribution in [2.75, 3.05) is 20.0 Å². The van der Waals surface area contributed by atoms with Gasteiger partial charge < -0.3 is 18.9 Å². The van der Waals surface area contributed by atoms with Gasteiger partial charge in [0.2, 0.25) is 6.79 Å². The van der Waals surface area contributed by atoms with Crippen molar-refractivity contribution < 1.29 is 23.3 Å². The number of benzene rings is 3. The van der Waals surface area contributed by atoms with Crippen molar-refractivity contribution in [3.8, 4) is 22.6 Å². The summed E-state index contributed by atoms with van der Waals surface area (Å²) in [6, 6.07) is 20.9. The molecule has 2 unspecified atom stereocenters. The topological polar surface area (TPSA) is 43.5 Å². The maximum Gasteiger partial charge on any atom is 0.231 e. The molecule has 3 aromatic carbocycles. The van der Waals surface area contributed by atoms with E-state index in [4.69, 9.17) is 18.9 Å². The van der Waals surface area contributed by atoms with Crippen LogP contribution in [-0.4, -0.2) is 32.2 Å². The van der Waals surface area contributed by atoms with Crippen molar-refractivity contribution in [1.29, 1.82) is 0 Å². The van der Waals surface area contributed by atoms with Gasteiger partial charge in [-0.25, -0.2) is 4.39 Å². The van der Waals surface area contributed by atoms with Crippen LogP contribution in [-0.2, 0) is 22.3 Å². The van der Waals surface area contributed by atoms with Gasteiger partial charge in [0, 0.05) is 12.8 Å². The van der Waals surface area contributed by atoms with Gasteiger partial charge in [0.25, 0.3) is 0 Å². The molecule has 0 amide bonds. The summed E-state index contributed by atoms with van der Waals surface area (Å²) >= 11 is 0. The highest BCUT2D eigenvalue weighted by molar-refractivity contribution is 5.64. The lowest BCUT2D eigenvalue weighted by Gasteiger charge is -2.11. The van der Waals surface area contributed by atoms with Gasteiger partial charge in [0.15, 0.2) is 11.6 Å². The molecule has 0 aliphatic carbocycles. The Morgan fingerprint density at radius 2 is 1.30 bits per heavy atom. The van der Waals surface area contributed by atoms with Crippen molar-refractivity contribution >= 4 is 0 Å². The predicted molar refractivity (Wildman–Crippen MR) is 111 cm³/mol. The minimum atomic E-state index is -0.411. The minimum Gasteiger partial charge on any atom is -0.457 e. The first kappa shape index (κ1) is 19.1. The molecule has 0 aromatic heterocycles. The number of halogens is 1. The van der Waals surface area contributed by atoms with Crippen LogP contribution < -0.4 is 9.47 Å². The lowest BCUT2D eigenvalue weighted by atomic mass is 10.0. The van der Waals surface area contributed by atoms with E-state index < -0.39 is 5.82 Å². The zero-order chi connectivity index (χ0) is 20.3. The Labute approximate surface area is 175 Å². The molecule has 0 bridgehead atoms. The molecule has 2 heterocycles. The van der Waals surface area contributed by atoms with Crippen LogP contribution in [0.4, 0.5) is 4.39 Å². The third-order valence-electron chi connectivity index (χ3n) is 5.31. The quantitative estimate of drug-likeness (QED) is 0.379. The van der Waals surface area contributed by atoms with E-state index >= 15 is 0 Å². The fourth-order valence-electron chi connectivity index (χ4n) is 3.41. The Morgan fingerprint density at radius 3 is 1.87 bits per heavy atom. The molecule has 5 rings (SSSR count). The van der Waals surface area contributed by atoms with Gasteiger partial charge in [-0.1, -0.05) is 42.5 Å². The molecule has 5 heteroatoms. The van der Waals surface area contributed by atoms with Gasteiger partial charge in [-0.15, -0.1) is 0 Å². The first-order valence-corrected chi connectivity index (χ1v) is 10.2. The van der Waals surface area contributed by atoms with Gasteiger partial charge in [-0.05, 0) is 46.5 Å². The molecule has 2 aliphatic rings. The highest BCUT2D eigenvalue weighted by Crippen LogP contribution is 2.27. The summed E-state index contributed by atoms with van der Waals surface area (Å²) in [5.41, 5.74) is 4.22. The molecule has 2 fully saturated rings. The zero-order valence-electron chi connectivity index (χ0n) is 16.6. The molecule has 30 heavy (non-hydrogen) atoms. The van der Waals surface area contributed by atoms with Gasteiger partial charge in [-0.3, -0.25) is 0 Å². The highest BCUT2D eigenvalue weighted by Gasteiger charge is 2.23. The van der Waals surface area contributed by atoms with E-state index in [9.17, 15) is 4.39 Å². The lowest BCUT2D eigenvalue weighted by molar-refractivity contribution is 0.115. The number of hydrogen-bond donors (Lipinski definition) is 0. The average Bonchev–Trinajstić information content (AvgIpc) is 3.68. The van der Waals surface area contributed by atoms with Crippen LogP contribution in [0.3, 0.4) is 0 Å². The van der Waals surface area contributed by atoms with Crippen molar-refractivity contribution in [2.45, 2.75) is 25.0 Å². The van der Waals surface area contributed by atoms with Crippen LogP contribution in [0.1, 0.15) is 11.1 Å². The number of ether oxygens (including phenoxy) is 4. The summed E-state index contributed by atoms with van der Waals surface area (Å²) in [7, 11) is 0. The van der Waals surface area contributed by atoms with Crippen LogP contribution in [0.2, 0.25) is 0 Å². The molecule has 0 saturated carbocycles. The molecule has 0 spiro atoms. The molecule has 2 aliphatic heterocycles. The fraction of sp³-hybridized carbons (Fsp3) is 0.280. The maximum atomic E-state index is 14.5. The van der Waals surface area contributed by atoms with E-state index in [-0.39, 0.29) is 12.5 Å². The summed E-state index contributed by atoms with van der Waals surface area (Å²) < 4.78 is 36.0. The second-order valence-corrected chi connectivity index (χ2v) is 7.71. The van der Waals surface area contributed by atoms with Gasteiger partial charge >= 0.3 is 0 Å². The third-order valence-corrected chi connectivity index (χ3v) is 5.31. The first-order valence-electron chi connectivity index (χ1n) is 10.2. The van der Waals surface area contributed by atoms with Crippen LogP contribution >= 0.6 is 0 Å². The molecule has 154 valence electrons. The monoisotopic (exact) mass is 406 g/mol. The van der Waals surface area contributed by atoms with Crippen molar-refractivity contribution in [2.24, 2.45) is 0 Å². The normalized spacial score (nSPS) is 19.4. The molecule has 2 atom stereocenters. The maximum absolute atomic E-state index is 14.5. The molecule has 3 aromatic rings. The van der Waals surface area contributed by atoms with E-state index in [1.165, 1.54) is 17.2 Å². The first-order chi connectivity index (χ1) is 14.7. The number of rotatable bonds is 9. The fourth-order valence-corrected chi connectivity index (χ4v) is 3.41. The number of epoxide rings is 2. The van der Waals surface area contributed by atoms with E-state index in [2.05, 4.69) is 12.1 Å². The average molecular weight is 406 g/mol. The molecule has 0 N–H and O–H groups in total. The van der Waals surface area contributed by atoms with E-state index in [0.29, 0.717) is 18.0 Å². The van der Waals surface area contributed by atoms with Gasteiger partial charge in [0.05, 0.1) is 25.4 Å². The summed E-state index contributed by atoms with van der Waals surface area (Å²) in [5, 5.41) is 0. The SMILES string of the molecule is Fc1cc(-c2ccc(CC3CO3)cc2)ccc1OCOc1ccc(CC2CO2)cc1. The molecule has 4 nitrogen and oxygen atoms in total. The Bertz CT molecular complexity index is 993. The smallest absolute Gasteiger partial charge is 0.231 e. The second kappa shape index (κ2) is 8.46. The Balaban J connectivity index is 1.15. The Morgan fingerprint density at radius 1 is 0.733 bits per heavy atom. The van der Waals surface area contributed by atoms with Crippen LogP contribution in [0.15, 0.2) is 66.7 Å². The highest BCUT2D eigenvalue weighted by atomic mass is 19.1. The number of hydrogen-bond acceptors (Lipinski definition) is 4. The van der Waals surface area contributed by atoms with Crippen molar-refractivity contribution in [1.82, 2.24) is 0 Å². The van der Waals surface area contributed by atoms with E-state index in [1.54, 1.807) is 6.07 Å². The summed E-state index contributed by atoms with van der Waals surface area (Å²) in [4.78, 5) is 0.